The van der Waals surface area contributed by atoms with Gasteiger partial charge in [0.1, 0.15) is 16.6 Å². The number of hydrogen-bond donors (Lipinski definition) is 1. The third-order valence-corrected chi connectivity index (χ3v) is 5.43. The lowest BCUT2D eigenvalue weighted by molar-refractivity contribution is -0.118. The Kier molecular flexibility index (Phi) is 5.11. The molecule has 26 heavy (non-hydrogen) atoms. The Hall–Kier alpha value is -2.63. The maximum absolute atomic E-state index is 13.0. The van der Waals surface area contributed by atoms with Crippen molar-refractivity contribution in [1.29, 1.82) is 5.26 Å². The van der Waals surface area contributed by atoms with Crippen LogP contribution in [0.3, 0.4) is 0 Å². The number of likely N-dealkylation sites (N-methyl/N-ethyl adjacent to an activating group) is 1. The molecule has 1 aromatic carbocycles. The average molecular weight is 390 g/mol. The molecule has 2 heterocycles. The summed E-state index contributed by atoms with van der Waals surface area (Å²) < 4.78 is 3.97. The topological polar surface area (TPSA) is 89.3 Å². The van der Waals surface area contributed by atoms with Crippen molar-refractivity contribution in [2.24, 2.45) is 0 Å². The number of nitriles is 1. The number of hydrogen-bond acceptors (Lipinski definition) is 6. The van der Waals surface area contributed by atoms with Gasteiger partial charge in [-0.15, -0.1) is 0 Å². The first-order valence-corrected chi connectivity index (χ1v) is 9.05. The number of aromatic nitrogens is 1. The Morgan fingerprint density at radius 2 is 2.27 bits per heavy atom. The number of carbonyl (C=O) groups excluding carboxylic acids is 2. The second-order valence-electron chi connectivity index (χ2n) is 6.00. The average Bonchev–Trinajstić information content (AvgIpc) is 2.90. The first kappa shape index (κ1) is 18.2. The van der Waals surface area contributed by atoms with Crippen molar-refractivity contribution in [3.63, 3.8) is 0 Å². The van der Waals surface area contributed by atoms with E-state index in [0.717, 1.165) is 11.5 Å². The molecule has 0 radical (unpaired) electrons. The Labute approximate surface area is 159 Å². The Morgan fingerprint density at radius 3 is 3.00 bits per heavy atom. The molecule has 7 nitrogen and oxygen atoms in total. The molecule has 1 atom stereocenters. The highest BCUT2D eigenvalue weighted by Crippen LogP contribution is 2.33. The SMILES string of the molecule is CC1CC(=O)Nc2ccccc2N1C(=O)CN(C)c1snc(Cl)c1C#N. The van der Waals surface area contributed by atoms with Crippen LogP contribution < -0.4 is 15.1 Å². The van der Waals surface area contributed by atoms with Crippen LogP contribution in [0.15, 0.2) is 24.3 Å². The monoisotopic (exact) mass is 389 g/mol. The zero-order chi connectivity index (χ0) is 18.8. The predicted octanol–water partition coefficient (Wildman–Crippen LogP) is 2.87. The number of nitrogens with one attached hydrogen (secondary N) is 1. The number of amides is 2. The number of para-hydroxylation sites is 2. The van der Waals surface area contributed by atoms with E-state index in [2.05, 4.69) is 9.69 Å². The van der Waals surface area contributed by atoms with E-state index in [-0.39, 0.29) is 41.5 Å². The molecule has 1 aliphatic rings. The highest BCUT2D eigenvalue weighted by molar-refractivity contribution is 7.10. The Balaban J connectivity index is 1.89. The molecule has 0 bridgehead atoms. The van der Waals surface area contributed by atoms with Crippen LogP contribution in [0.4, 0.5) is 16.4 Å². The summed E-state index contributed by atoms with van der Waals surface area (Å²) in [5, 5.41) is 12.7. The highest BCUT2D eigenvalue weighted by atomic mass is 35.5. The normalized spacial score (nSPS) is 16.3. The minimum atomic E-state index is -0.292. The van der Waals surface area contributed by atoms with E-state index in [0.29, 0.717) is 16.4 Å². The Morgan fingerprint density at radius 1 is 1.54 bits per heavy atom. The molecule has 3 rings (SSSR count). The number of benzene rings is 1. The van der Waals surface area contributed by atoms with Crippen LogP contribution in [-0.2, 0) is 9.59 Å². The summed E-state index contributed by atoms with van der Waals surface area (Å²) in [7, 11) is 1.71. The van der Waals surface area contributed by atoms with E-state index in [1.54, 1.807) is 29.0 Å². The van der Waals surface area contributed by atoms with E-state index in [1.807, 2.05) is 25.1 Å². The van der Waals surface area contributed by atoms with Crippen molar-refractivity contribution in [2.75, 3.05) is 28.7 Å². The van der Waals surface area contributed by atoms with Crippen molar-refractivity contribution in [1.82, 2.24) is 4.37 Å². The number of fused-ring (bicyclic) bond motifs is 1. The lowest BCUT2D eigenvalue weighted by Gasteiger charge is -2.29. The maximum atomic E-state index is 13.0. The molecule has 0 saturated carbocycles. The lowest BCUT2D eigenvalue weighted by atomic mass is 10.1. The molecule has 1 aliphatic heterocycles. The molecule has 0 aliphatic carbocycles. The number of nitrogens with zero attached hydrogens (tertiary/aromatic N) is 4. The largest absolute Gasteiger partial charge is 0.355 e. The number of halogens is 1. The minimum Gasteiger partial charge on any atom is -0.355 e. The van der Waals surface area contributed by atoms with Crippen LogP contribution in [-0.4, -0.2) is 35.8 Å². The van der Waals surface area contributed by atoms with Gasteiger partial charge in [0.2, 0.25) is 11.8 Å². The summed E-state index contributed by atoms with van der Waals surface area (Å²) in [4.78, 5) is 28.3. The van der Waals surface area contributed by atoms with Crippen LogP contribution in [0.25, 0.3) is 0 Å². The Bertz CT molecular complexity index is 907. The van der Waals surface area contributed by atoms with Crippen LogP contribution in [0, 0.1) is 11.3 Å². The summed E-state index contributed by atoms with van der Waals surface area (Å²) in [6, 6.07) is 8.93. The van der Waals surface area contributed by atoms with Gasteiger partial charge in [0.15, 0.2) is 5.15 Å². The molecule has 9 heteroatoms. The zero-order valence-electron chi connectivity index (χ0n) is 14.2. The van der Waals surface area contributed by atoms with Gasteiger partial charge in [-0.1, -0.05) is 23.7 Å². The summed E-state index contributed by atoms with van der Waals surface area (Å²) in [6.07, 6.45) is 0.208. The van der Waals surface area contributed by atoms with Crippen LogP contribution >= 0.6 is 23.1 Å². The van der Waals surface area contributed by atoms with Crippen molar-refractivity contribution in [2.45, 2.75) is 19.4 Å². The molecule has 0 spiro atoms. The van der Waals surface area contributed by atoms with Gasteiger partial charge in [0.05, 0.1) is 17.9 Å². The maximum Gasteiger partial charge on any atom is 0.246 e. The van der Waals surface area contributed by atoms with Crippen LogP contribution in [0.1, 0.15) is 18.9 Å². The molecule has 0 fully saturated rings. The van der Waals surface area contributed by atoms with Crippen molar-refractivity contribution >= 4 is 51.3 Å². The molecule has 2 amide bonds. The van der Waals surface area contributed by atoms with Gasteiger partial charge < -0.3 is 15.1 Å². The van der Waals surface area contributed by atoms with Gasteiger partial charge in [-0.3, -0.25) is 9.59 Å². The van der Waals surface area contributed by atoms with Crippen LogP contribution in [0.2, 0.25) is 5.15 Å². The highest BCUT2D eigenvalue weighted by Gasteiger charge is 2.30. The van der Waals surface area contributed by atoms with Gasteiger partial charge in [-0.25, -0.2) is 0 Å². The van der Waals surface area contributed by atoms with E-state index < -0.39 is 0 Å². The van der Waals surface area contributed by atoms with Crippen LogP contribution in [0.5, 0.6) is 0 Å². The molecule has 134 valence electrons. The smallest absolute Gasteiger partial charge is 0.246 e. The molecule has 1 unspecified atom stereocenters. The van der Waals surface area contributed by atoms with Gasteiger partial charge in [0, 0.05) is 19.5 Å². The van der Waals surface area contributed by atoms with Crippen molar-refractivity contribution in [3.8, 4) is 6.07 Å². The number of anilines is 3. The molecular weight excluding hydrogens is 374 g/mol. The van der Waals surface area contributed by atoms with Gasteiger partial charge >= 0.3 is 0 Å². The summed E-state index contributed by atoms with van der Waals surface area (Å²) in [5.41, 5.74) is 1.52. The number of carbonyl (C=O) groups is 2. The molecule has 2 aromatic rings. The second kappa shape index (κ2) is 7.32. The summed E-state index contributed by atoms with van der Waals surface area (Å²) in [5.74, 6) is -0.313. The van der Waals surface area contributed by atoms with Gasteiger partial charge in [-0.05, 0) is 30.6 Å². The zero-order valence-corrected chi connectivity index (χ0v) is 15.8. The van der Waals surface area contributed by atoms with E-state index in [9.17, 15) is 14.9 Å². The second-order valence-corrected chi connectivity index (χ2v) is 7.11. The van der Waals surface area contributed by atoms with Crippen molar-refractivity contribution in [3.05, 3.63) is 35.0 Å². The van der Waals surface area contributed by atoms with Crippen molar-refractivity contribution < 1.29 is 9.59 Å². The van der Waals surface area contributed by atoms with Gasteiger partial charge in [-0.2, -0.15) is 9.64 Å². The first-order chi connectivity index (χ1) is 12.4. The fourth-order valence-electron chi connectivity index (χ4n) is 2.94. The van der Waals surface area contributed by atoms with E-state index in [1.165, 1.54) is 0 Å². The number of rotatable bonds is 3. The summed E-state index contributed by atoms with van der Waals surface area (Å²) >= 11 is 6.98. The molecule has 1 aromatic heterocycles. The van der Waals surface area contributed by atoms with E-state index >= 15 is 0 Å². The first-order valence-electron chi connectivity index (χ1n) is 7.89. The molecule has 0 saturated heterocycles. The molecular formula is C17H16ClN5O2S. The quantitative estimate of drug-likeness (QED) is 0.871. The predicted molar refractivity (Wildman–Crippen MR) is 102 cm³/mol. The third-order valence-electron chi connectivity index (χ3n) is 4.09. The fraction of sp³-hybridized carbons (Fsp3) is 0.294. The minimum absolute atomic E-state index is 0.0278. The summed E-state index contributed by atoms with van der Waals surface area (Å²) in [6.45, 7) is 1.87. The van der Waals surface area contributed by atoms with E-state index in [4.69, 9.17) is 11.6 Å². The standard InChI is InChI=1S/C17H16ClN5O2S/c1-10-7-14(24)20-12-5-3-4-6-13(12)23(10)15(25)9-22(2)17-11(8-19)16(18)21-26-17/h3-6,10H,7,9H2,1-2H3,(H,20,24). The molecule has 1 N–H and O–H groups in total. The fourth-order valence-corrected chi connectivity index (χ4v) is 3.92. The third kappa shape index (κ3) is 3.36. The lowest BCUT2D eigenvalue weighted by Crippen LogP contribution is -2.44. The van der Waals surface area contributed by atoms with Gasteiger partial charge in [0.25, 0.3) is 0 Å².